The van der Waals surface area contributed by atoms with Gasteiger partial charge in [-0.15, -0.1) is 0 Å². The van der Waals surface area contributed by atoms with E-state index in [9.17, 15) is 0 Å². The number of hydrogen-bond donors (Lipinski definition) is 1. The van der Waals surface area contributed by atoms with Gasteiger partial charge in [-0.25, -0.2) is 0 Å². The molecule has 1 saturated carbocycles. The topological polar surface area (TPSA) is 15.8 Å². The molecule has 0 bridgehead atoms. The van der Waals surface area contributed by atoms with Gasteiger partial charge in [0.25, 0.3) is 0 Å². The average Bonchev–Trinajstić information content (AvgIpc) is 2.81. The Morgan fingerprint density at radius 3 is 2.74 bits per heavy atom. The molecule has 0 aromatic carbocycles. The lowest BCUT2D eigenvalue weighted by atomic mass is 9.83. The molecule has 1 heteroatoms. The summed E-state index contributed by atoms with van der Waals surface area (Å²) in [5, 5.41) is 0. The van der Waals surface area contributed by atoms with Crippen molar-refractivity contribution in [2.45, 2.75) is 64.7 Å². The SMILES string of the molecule is CCC/C=C/C=C\c1[nH]cc(C2CCCCC2)c1C. The third-order valence-corrected chi connectivity index (χ3v) is 4.23. The second-order valence-electron chi connectivity index (χ2n) is 5.69. The van der Waals surface area contributed by atoms with Crippen molar-refractivity contribution in [3.63, 3.8) is 0 Å². The predicted molar refractivity (Wildman–Crippen MR) is 84.4 cm³/mol. The van der Waals surface area contributed by atoms with E-state index in [1.54, 1.807) is 5.56 Å². The number of hydrogen-bond acceptors (Lipinski definition) is 0. The largest absolute Gasteiger partial charge is 0.361 e. The lowest BCUT2D eigenvalue weighted by Crippen LogP contribution is -2.04. The van der Waals surface area contributed by atoms with Gasteiger partial charge in [-0.05, 0) is 49.3 Å². The zero-order chi connectivity index (χ0) is 13.5. The van der Waals surface area contributed by atoms with E-state index in [0.29, 0.717) is 0 Å². The van der Waals surface area contributed by atoms with E-state index >= 15 is 0 Å². The normalized spacial score (nSPS) is 17.8. The molecule has 104 valence electrons. The highest BCUT2D eigenvalue weighted by atomic mass is 14.7. The lowest BCUT2D eigenvalue weighted by molar-refractivity contribution is 0.443. The highest BCUT2D eigenvalue weighted by molar-refractivity contribution is 5.54. The summed E-state index contributed by atoms with van der Waals surface area (Å²) in [7, 11) is 0. The van der Waals surface area contributed by atoms with Crippen molar-refractivity contribution in [1.82, 2.24) is 4.98 Å². The zero-order valence-electron chi connectivity index (χ0n) is 12.4. The van der Waals surface area contributed by atoms with Gasteiger partial charge in [0.1, 0.15) is 0 Å². The average molecular weight is 257 g/mol. The molecule has 1 fully saturated rings. The van der Waals surface area contributed by atoms with Crippen LogP contribution < -0.4 is 0 Å². The Balaban J connectivity index is 2.01. The number of aromatic nitrogens is 1. The molecule has 1 aromatic heterocycles. The summed E-state index contributed by atoms with van der Waals surface area (Å²) in [5.74, 6) is 0.794. The minimum absolute atomic E-state index is 0.794. The molecule has 1 aromatic rings. The van der Waals surface area contributed by atoms with Crippen LogP contribution in [-0.2, 0) is 0 Å². The highest BCUT2D eigenvalue weighted by Gasteiger charge is 2.18. The van der Waals surface area contributed by atoms with Crippen LogP contribution in [0.2, 0.25) is 0 Å². The molecule has 0 unspecified atom stereocenters. The van der Waals surface area contributed by atoms with Crippen LogP contribution in [0.4, 0.5) is 0 Å². The first-order valence-corrected chi connectivity index (χ1v) is 7.84. The first-order valence-electron chi connectivity index (χ1n) is 7.84. The monoisotopic (exact) mass is 257 g/mol. The van der Waals surface area contributed by atoms with Crippen LogP contribution in [0.1, 0.15) is 74.6 Å². The molecule has 1 aliphatic carbocycles. The fourth-order valence-electron chi connectivity index (χ4n) is 3.03. The Labute approximate surface area is 117 Å². The van der Waals surface area contributed by atoms with E-state index < -0.39 is 0 Å². The number of allylic oxidation sites excluding steroid dienone is 3. The quantitative estimate of drug-likeness (QED) is 0.647. The van der Waals surface area contributed by atoms with Gasteiger partial charge in [-0.2, -0.15) is 0 Å². The molecule has 19 heavy (non-hydrogen) atoms. The number of nitrogens with one attached hydrogen (secondary N) is 1. The maximum absolute atomic E-state index is 3.44. The molecular weight excluding hydrogens is 230 g/mol. The van der Waals surface area contributed by atoms with Crippen LogP contribution in [0.5, 0.6) is 0 Å². The number of rotatable bonds is 5. The standard InChI is InChI=1S/C18H27N/c1-3-4-5-6-10-13-18-15(2)17(14-19-18)16-11-8-7-9-12-16/h5-6,10,13-14,16,19H,3-4,7-9,11-12H2,1-2H3/b6-5+,13-10-. The van der Waals surface area contributed by atoms with Gasteiger partial charge >= 0.3 is 0 Å². The van der Waals surface area contributed by atoms with E-state index in [1.165, 1.54) is 56.2 Å². The fourth-order valence-corrected chi connectivity index (χ4v) is 3.03. The summed E-state index contributed by atoms with van der Waals surface area (Å²) in [5.41, 5.74) is 4.28. The van der Waals surface area contributed by atoms with E-state index in [2.05, 4.69) is 49.3 Å². The van der Waals surface area contributed by atoms with Gasteiger partial charge in [-0.3, -0.25) is 0 Å². The minimum atomic E-state index is 0.794. The summed E-state index contributed by atoms with van der Waals surface area (Å²) in [6.45, 7) is 4.47. The van der Waals surface area contributed by atoms with Crippen LogP contribution in [-0.4, -0.2) is 4.98 Å². The van der Waals surface area contributed by atoms with Crippen LogP contribution in [0.3, 0.4) is 0 Å². The number of unbranched alkanes of at least 4 members (excludes halogenated alkanes) is 1. The van der Waals surface area contributed by atoms with Crippen LogP contribution in [0.25, 0.3) is 6.08 Å². The number of H-pyrrole nitrogens is 1. The van der Waals surface area contributed by atoms with Crippen LogP contribution in [0, 0.1) is 6.92 Å². The smallest absolute Gasteiger partial charge is 0.0412 e. The molecule has 1 heterocycles. The molecule has 0 amide bonds. The molecule has 0 aliphatic heterocycles. The summed E-state index contributed by atoms with van der Waals surface area (Å²) in [6.07, 6.45) is 20.3. The zero-order valence-corrected chi connectivity index (χ0v) is 12.4. The second kappa shape index (κ2) is 7.37. The molecular formula is C18H27N. The van der Waals surface area contributed by atoms with E-state index in [1.807, 2.05) is 0 Å². The first-order chi connectivity index (χ1) is 9.33. The molecule has 0 radical (unpaired) electrons. The summed E-state index contributed by atoms with van der Waals surface area (Å²) in [4.78, 5) is 3.44. The lowest BCUT2D eigenvalue weighted by Gasteiger charge is -2.21. The summed E-state index contributed by atoms with van der Waals surface area (Å²) < 4.78 is 0. The summed E-state index contributed by atoms with van der Waals surface area (Å²) >= 11 is 0. The van der Waals surface area contributed by atoms with Crippen molar-refractivity contribution >= 4 is 6.08 Å². The van der Waals surface area contributed by atoms with Gasteiger partial charge in [0, 0.05) is 11.9 Å². The molecule has 2 rings (SSSR count). The van der Waals surface area contributed by atoms with Crippen molar-refractivity contribution in [3.8, 4) is 0 Å². The van der Waals surface area contributed by atoms with Crippen molar-refractivity contribution in [2.75, 3.05) is 0 Å². The van der Waals surface area contributed by atoms with E-state index in [-0.39, 0.29) is 0 Å². The highest BCUT2D eigenvalue weighted by Crippen LogP contribution is 2.35. The van der Waals surface area contributed by atoms with Crippen LogP contribution in [0.15, 0.2) is 24.4 Å². The molecule has 0 spiro atoms. The van der Waals surface area contributed by atoms with E-state index in [4.69, 9.17) is 0 Å². The van der Waals surface area contributed by atoms with Gasteiger partial charge in [0.05, 0.1) is 0 Å². The fraction of sp³-hybridized carbons (Fsp3) is 0.556. The maximum atomic E-state index is 3.44. The van der Waals surface area contributed by atoms with Gasteiger partial charge < -0.3 is 4.98 Å². The van der Waals surface area contributed by atoms with Gasteiger partial charge in [-0.1, -0.05) is 50.8 Å². The Morgan fingerprint density at radius 2 is 2.00 bits per heavy atom. The Kier molecular flexibility index (Phi) is 5.50. The molecule has 1 N–H and O–H groups in total. The van der Waals surface area contributed by atoms with Gasteiger partial charge in [0.2, 0.25) is 0 Å². The maximum Gasteiger partial charge on any atom is 0.0412 e. The van der Waals surface area contributed by atoms with Crippen molar-refractivity contribution in [2.24, 2.45) is 0 Å². The van der Waals surface area contributed by atoms with Crippen molar-refractivity contribution < 1.29 is 0 Å². The Hall–Kier alpha value is -1.24. The number of aromatic amines is 1. The molecule has 1 nitrogen and oxygen atoms in total. The third kappa shape index (κ3) is 3.86. The predicted octanol–water partition coefficient (Wildman–Crippen LogP) is 5.74. The Bertz CT molecular complexity index is 431. The third-order valence-electron chi connectivity index (χ3n) is 4.23. The van der Waals surface area contributed by atoms with Gasteiger partial charge in [0.15, 0.2) is 0 Å². The van der Waals surface area contributed by atoms with Crippen molar-refractivity contribution in [1.29, 1.82) is 0 Å². The van der Waals surface area contributed by atoms with E-state index in [0.717, 1.165) is 5.92 Å². The summed E-state index contributed by atoms with van der Waals surface area (Å²) in [6, 6.07) is 0. The Morgan fingerprint density at radius 1 is 1.21 bits per heavy atom. The molecule has 1 aliphatic rings. The molecule has 0 saturated heterocycles. The van der Waals surface area contributed by atoms with Crippen LogP contribution >= 0.6 is 0 Å². The molecule has 0 atom stereocenters. The minimum Gasteiger partial charge on any atom is -0.361 e. The second-order valence-corrected chi connectivity index (χ2v) is 5.69. The van der Waals surface area contributed by atoms with Crippen molar-refractivity contribution in [3.05, 3.63) is 41.2 Å². The first kappa shape index (κ1) is 14.2.